The van der Waals surface area contributed by atoms with Gasteiger partial charge in [0.05, 0.1) is 26.4 Å². The first-order chi connectivity index (χ1) is 35.1. The molecule has 0 atom stereocenters. The van der Waals surface area contributed by atoms with Crippen LogP contribution in [0.1, 0.15) is 97.9 Å². The van der Waals surface area contributed by atoms with Crippen LogP contribution in [0.3, 0.4) is 0 Å². The van der Waals surface area contributed by atoms with E-state index in [9.17, 15) is 0 Å². The van der Waals surface area contributed by atoms with Gasteiger partial charge in [-0.05, 0) is 212 Å². The summed E-state index contributed by atoms with van der Waals surface area (Å²) in [6.07, 6.45) is 5.79. The quantitative estimate of drug-likeness (QED) is 0.0966. The summed E-state index contributed by atoms with van der Waals surface area (Å²) in [5.41, 5.74) is 17.8. The molecule has 0 aliphatic heterocycles. The number of ether oxygens (including phenoxy) is 4. The third-order valence-corrected chi connectivity index (χ3v) is 14.9. The van der Waals surface area contributed by atoms with Crippen molar-refractivity contribution in [3.8, 4) is 67.5 Å². The summed E-state index contributed by atoms with van der Waals surface area (Å²) in [5.74, 6) is 3.64. The molecule has 8 bridgehead atoms. The molecule has 0 heterocycles. The Bertz CT molecular complexity index is 2690. The zero-order valence-electron chi connectivity index (χ0n) is 41.5. The Kier molecular flexibility index (Phi) is 17.5. The van der Waals surface area contributed by atoms with Crippen molar-refractivity contribution >= 4 is 63.7 Å². The molecule has 8 heteroatoms. The number of hydrogen-bond acceptors (Lipinski definition) is 4. The molecule has 0 radical (unpaired) electrons. The monoisotopic (exact) mass is 1210 g/mol. The second kappa shape index (κ2) is 24.3. The molecule has 0 fully saturated rings. The van der Waals surface area contributed by atoms with Gasteiger partial charge in [-0.25, -0.2) is 0 Å². The fraction of sp³-hybridized carbons (Fsp3) is 0.250. The Morgan fingerprint density at radius 1 is 0.278 bits per heavy atom. The number of rotatable bonds is 16. The molecule has 8 aromatic rings. The molecule has 0 saturated heterocycles. The first-order valence-corrected chi connectivity index (χ1v) is 28.5. The van der Waals surface area contributed by atoms with Crippen LogP contribution in [0.2, 0.25) is 0 Å². The molecular weight excluding hydrogens is 1150 g/mol. The van der Waals surface area contributed by atoms with Crippen molar-refractivity contribution in [2.45, 2.75) is 79.1 Å². The third-order valence-electron chi connectivity index (χ3n) is 12.9. The molecular formula is C64H60Br4O4. The van der Waals surface area contributed by atoms with E-state index in [1.54, 1.807) is 0 Å². The molecule has 368 valence electrons. The fourth-order valence-electron chi connectivity index (χ4n) is 9.79. The van der Waals surface area contributed by atoms with E-state index >= 15 is 0 Å². The van der Waals surface area contributed by atoms with Crippen LogP contribution in [0, 0.1) is 0 Å². The first-order valence-electron chi connectivity index (χ1n) is 25.3. The van der Waals surface area contributed by atoms with Gasteiger partial charge in [-0.2, -0.15) is 0 Å². The standard InChI is InChI=1S/C64H60Br4O4/c1-5-21-69-61-49-25-45(41-13-9-17-57(65)37-41)26-50(61)34-52-28-47(43-15-11-19-59(67)39-43)30-54(63(52)71-23-7-3)36-56-32-48(44-16-12-20-60(68)40-44)31-55(64(56)72-24-8-4)35-53-29-46(42-14-10-18-58(66)38-42)27-51(33-49)62(53)70-22-6-2/h9-20,25-32,37-40H,5-8,21-24,33-36H2,1-4H3. The summed E-state index contributed by atoms with van der Waals surface area (Å²) in [4.78, 5) is 0. The lowest BCUT2D eigenvalue weighted by Crippen LogP contribution is -2.11. The van der Waals surface area contributed by atoms with E-state index in [-0.39, 0.29) is 0 Å². The fourth-order valence-corrected chi connectivity index (χ4v) is 11.4. The van der Waals surface area contributed by atoms with E-state index in [0.717, 1.165) is 156 Å². The van der Waals surface area contributed by atoms with E-state index in [1.165, 1.54) is 0 Å². The molecule has 0 N–H and O–H groups in total. The molecule has 1 aliphatic rings. The van der Waals surface area contributed by atoms with E-state index in [2.05, 4.69) is 237 Å². The molecule has 0 unspecified atom stereocenters. The number of halogens is 4. The van der Waals surface area contributed by atoms with Crippen LogP contribution < -0.4 is 18.9 Å². The van der Waals surface area contributed by atoms with E-state index in [0.29, 0.717) is 52.1 Å². The second-order valence-corrected chi connectivity index (χ2v) is 22.3. The van der Waals surface area contributed by atoms with Crippen LogP contribution in [0.15, 0.2) is 163 Å². The van der Waals surface area contributed by atoms with Crippen molar-refractivity contribution in [3.63, 3.8) is 0 Å². The van der Waals surface area contributed by atoms with Crippen LogP contribution >= 0.6 is 63.7 Å². The molecule has 0 aromatic heterocycles. The maximum Gasteiger partial charge on any atom is 0.126 e. The van der Waals surface area contributed by atoms with Gasteiger partial charge in [0, 0.05) is 43.6 Å². The van der Waals surface area contributed by atoms with Gasteiger partial charge in [-0.15, -0.1) is 0 Å². The number of benzene rings is 8. The maximum absolute atomic E-state index is 7.05. The van der Waals surface area contributed by atoms with Gasteiger partial charge in [0.1, 0.15) is 23.0 Å². The number of fused-ring (bicyclic) bond motifs is 8. The minimum absolute atomic E-state index is 0.576. The molecule has 0 amide bonds. The predicted molar refractivity (Wildman–Crippen MR) is 313 cm³/mol. The minimum atomic E-state index is 0.576. The highest BCUT2D eigenvalue weighted by atomic mass is 79.9. The topological polar surface area (TPSA) is 36.9 Å². The molecule has 9 rings (SSSR count). The van der Waals surface area contributed by atoms with Crippen molar-refractivity contribution in [2.24, 2.45) is 0 Å². The Balaban J connectivity index is 1.42. The average molecular weight is 1210 g/mol. The van der Waals surface area contributed by atoms with Crippen LogP contribution in [-0.2, 0) is 25.7 Å². The highest BCUT2D eigenvalue weighted by Gasteiger charge is 2.26. The van der Waals surface area contributed by atoms with Crippen LogP contribution in [0.4, 0.5) is 0 Å². The molecule has 8 aromatic carbocycles. The molecule has 0 saturated carbocycles. The zero-order valence-corrected chi connectivity index (χ0v) is 47.8. The van der Waals surface area contributed by atoms with Gasteiger partial charge in [0.15, 0.2) is 0 Å². The summed E-state index contributed by atoms with van der Waals surface area (Å²) in [6, 6.07) is 53.2. The Labute approximate surface area is 460 Å². The van der Waals surface area contributed by atoms with Crippen molar-refractivity contribution in [1.82, 2.24) is 0 Å². The lowest BCUT2D eigenvalue weighted by molar-refractivity contribution is 0.304. The van der Waals surface area contributed by atoms with Crippen LogP contribution in [0.5, 0.6) is 23.0 Å². The van der Waals surface area contributed by atoms with E-state index in [1.807, 2.05) is 0 Å². The van der Waals surface area contributed by atoms with Crippen molar-refractivity contribution in [1.29, 1.82) is 0 Å². The van der Waals surface area contributed by atoms with Gasteiger partial charge >= 0.3 is 0 Å². The number of hydrogen-bond donors (Lipinski definition) is 0. The highest BCUT2D eigenvalue weighted by Crippen LogP contribution is 2.45. The highest BCUT2D eigenvalue weighted by molar-refractivity contribution is 9.11. The van der Waals surface area contributed by atoms with Gasteiger partial charge in [0.25, 0.3) is 0 Å². The summed E-state index contributed by atoms with van der Waals surface area (Å²) in [5, 5.41) is 0. The smallest absolute Gasteiger partial charge is 0.126 e. The maximum atomic E-state index is 7.05. The van der Waals surface area contributed by atoms with Crippen molar-refractivity contribution in [3.05, 3.63) is 208 Å². The average Bonchev–Trinajstić information content (AvgIpc) is 3.37. The van der Waals surface area contributed by atoms with Crippen LogP contribution in [0.25, 0.3) is 44.5 Å². The Hall–Kier alpha value is -5.12. The van der Waals surface area contributed by atoms with Crippen molar-refractivity contribution in [2.75, 3.05) is 26.4 Å². The zero-order chi connectivity index (χ0) is 50.1. The minimum Gasteiger partial charge on any atom is -0.493 e. The second-order valence-electron chi connectivity index (χ2n) is 18.6. The third kappa shape index (κ3) is 12.3. The summed E-state index contributed by atoms with van der Waals surface area (Å²) >= 11 is 15.2. The molecule has 1 aliphatic carbocycles. The summed E-state index contributed by atoms with van der Waals surface area (Å²) in [6.45, 7) is 11.0. The Morgan fingerprint density at radius 3 is 0.639 bits per heavy atom. The molecule has 72 heavy (non-hydrogen) atoms. The van der Waals surface area contributed by atoms with E-state index in [4.69, 9.17) is 18.9 Å². The first kappa shape index (κ1) is 51.8. The van der Waals surface area contributed by atoms with Crippen LogP contribution in [-0.4, -0.2) is 26.4 Å². The predicted octanol–water partition coefficient (Wildman–Crippen LogP) is 19.2. The lowest BCUT2D eigenvalue weighted by atomic mass is 9.86. The SMILES string of the molecule is CCCOc1c2cc(-c3cccc(Br)c3)cc1Cc1cc(-c3cccc(Br)c3)cc(c1OCCC)Cc1cc(-c3cccc(Br)c3)cc(c1OCCC)Cc1cc(-c3cccc(Br)c3)cc(c1OCCC)C2. The largest absolute Gasteiger partial charge is 0.493 e. The summed E-state index contributed by atoms with van der Waals surface area (Å²) < 4.78 is 32.3. The van der Waals surface area contributed by atoms with Gasteiger partial charge in [-0.3, -0.25) is 0 Å². The van der Waals surface area contributed by atoms with Gasteiger partial charge < -0.3 is 18.9 Å². The van der Waals surface area contributed by atoms with E-state index < -0.39 is 0 Å². The molecule has 0 spiro atoms. The normalized spacial score (nSPS) is 12.1. The Morgan fingerprint density at radius 2 is 0.472 bits per heavy atom. The van der Waals surface area contributed by atoms with Gasteiger partial charge in [-0.1, -0.05) is 140 Å². The molecule has 4 nitrogen and oxygen atoms in total. The summed E-state index contributed by atoms with van der Waals surface area (Å²) in [7, 11) is 0. The van der Waals surface area contributed by atoms with Crippen molar-refractivity contribution < 1.29 is 18.9 Å². The van der Waals surface area contributed by atoms with Gasteiger partial charge in [0.2, 0.25) is 0 Å². The lowest BCUT2D eigenvalue weighted by Gasteiger charge is -2.25.